The van der Waals surface area contributed by atoms with Crippen molar-refractivity contribution in [1.29, 1.82) is 0 Å². The first kappa shape index (κ1) is 14.6. The second-order valence-electron chi connectivity index (χ2n) is 5.90. The highest BCUT2D eigenvalue weighted by Crippen LogP contribution is 2.38. The molecule has 2 aromatic rings. The summed E-state index contributed by atoms with van der Waals surface area (Å²) in [6, 6.07) is 13.1. The number of carbonyl (C=O) groups is 1. The van der Waals surface area contributed by atoms with Gasteiger partial charge < -0.3 is 9.67 Å². The lowest BCUT2D eigenvalue weighted by atomic mass is 9.81. The van der Waals surface area contributed by atoms with Crippen LogP contribution in [0.2, 0.25) is 0 Å². The van der Waals surface area contributed by atoms with Gasteiger partial charge in [0.2, 0.25) is 0 Å². The zero-order valence-electron chi connectivity index (χ0n) is 12.3. The minimum atomic E-state index is -0.996. The summed E-state index contributed by atoms with van der Waals surface area (Å²) in [5.74, 6) is -0.565. The normalized spacial score (nSPS) is 21.5. The highest BCUT2D eigenvalue weighted by molar-refractivity contribution is 5.87. The van der Waals surface area contributed by atoms with Gasteiger partial charge in [0.25, 0.3) is 5.56 Å². The molecule has 0 unspecified atom stereocenters. The Labute approximate surface area is 129 Å². The highest BCUT2D eigenvalue weighted by Gasteiger charge is 2.25. The number of pyridine rings is 1. The van der Waals surface area contributed by atoms with Gasteiger partial charge in [-0.1, -0.05) is 36.8 Å². The van der Waals surface area contributed by atoms with Crippen molar-refractivity contribution in [3.63, 3.8) is 0 Å². The standard InChI is InChI=1S/C18H19NO3/c20-17-10-9-15(18(21)22)12-19(17)16-8-4-7-14(11-16)13-5-2-1-3-6-13/h1-3,5-6,9-10,12,14,16H,4,7-8,11H2,(H,21,22)/t14-,16+/m0/s1. The van der Waals surface area contributed by atoms with E-state index in [1.54, 1.807) is 4.57 Å². The number of rotatable bonds is 3. The number of aromatic carboxylic acids is 1. The summed E-state index contributed by atoms with van der Waals surface area (Å²) in [6.07, 6.45) is 5.46. The van der Waals surface area contributed by atoms with Crippen LogP contribution >= 0.6 is 0 Å². The molecule has 0 bridgehead atoms. The number of benzene rings is 1. The fraction of sp³-hybridized carbons (Fsp3) is 0.333. The SMILES string of the molecule is O=C(O)c1ccc(=O)n([C@@H]2CCC[C@H](c3ccccc3)C2)c1. The highest BCUT2D eigenvalue weighted by atomic mass is 16.4. The van der Waals surface area contributed by atoms with Gasteiger partial charge in [-0.3, -0.25) is 4.79 Å². The lowest BCUT2D eigenvalue weighted by Gasteiger charge is -2.31. The molecule has 22 heavy (non-hydrogen) atoms. The third-order valence-electron chi connectivity index (χ3n) is 4.50. The van der Waals surface area contributed by atoms with E-state index in [0.29, 0.717) is 5.92 Å². The summed E-state index contributed by atoms with van der Waals surface area (Å²) in [5, 5.41) is 9.11. The van der Waals surface area contributed by atoms with E-state index in [4.69, 9.17) is 5.11 Å². The Balaban J connectivity index is 1.87. The van der Waals surface area contributed by atoms with Crippen molar-refractivity contribution < 1.29 is 9.90 Å². The van der Waals surface area contributed by atoms with Gasteiger partial charge in [0.1, 0.15) is 0 Å². The van der Waals surface area contributed by atoms with E-state index in [1.165, 1.54) is 23.9 Å². The Kier molecular flexibility index (Phi) is 4.09. The topological polar surface area (TPSA) is 59.3 Å². The molecule has 114 valence electrons. The van der Waals surface area contributed by atoms with Crippen molar-refractivity contribution in [1.82, 2.24) is 4.57 Å². The van der Waals surface area contributed by atoms with Gasteiger partial charge in [-0.2, -0.15) is 0 Å². The van der Waals surface area contributed by atoms with Crippen molar-refractivity contribution in [2.75, 3.05) is 0 Å². The molecule has 0 spiro atoms. The quantitative estimate of drug-likeness (QED) is 0.944. The summed E-state index contributed by atoms with van der Waals surface area (Å²) in [4.78, 5) is 23.2. The largest absolute Gasteiger partial charge is 0.478 e. The molecular weight excluding hydrogens is 278 g/mol. The fourth-order valence-electron chi connectivity index (χ4n) is 3.36. The number of aromatic nitrogens is 1. The van der Waals surface area contributed by atoms with Gasteiger partial charge in [0.15, 0.2) is 0 Å². The Morgan fingerprint density at radius 2 is 1.86 bits per heavy atom. The van der Waals surface area contributed by atoms with Gasteiger partial charge in [0.05, 0.1) is 5.56 Å². The Morgan fingerprint density at radius 1 is 1.09 bits per heavy atom. The van der Waals surface area contributed by atoms with Gasteiger partial charge in [-0.05, 0) is 36.8 Å². The van der Waals surface area contributed by atoms with E-state index < -0.39 is 5.97 Å². The van der Waals surface area contributed by atoms with Crippen molar-refractivity contribution in [2.45, 2.75) is 37.6 Å². The van der Waals surface area contributed by atoms with E-state index in [0.717, 1.165) is 25.7 Å². The number of carboxylic acid groups (broad SMARTS) is 1. The molecule has 1 aliphatic carbocycles. The van der Waals surface area contributed by atoms with Crippen molar-refractivity contribution >= 4 is 5.97 Å². The van der Waals surface area contributed by atoms with Crippen LogP contribution in [0.3, 0.4) is 0 Å². The third kappa shape index (κ3) is 2.96. The van der Waals surface area contributed by atoms with E-state index in [9.17, 15) is 9.59 Å². The van der Waals surface area contributed by atoms with E-state index in [-0.39, 0.29) is 17.2 Å². The lowest BCUT2D eigenvalue weighted by molar-refractivity contribution is 0.0695. The monoisotopic (exact) mass is 297 g/mol. The van der Waals surface area contributed by atoms with Crippen LogP contribution in [0.15, 0.2) is 53.5 Å². The minimum Gasteiger partial charge on any atom is -0.478 e. The Hall–Kier alpha value is -2.36. The molecule has 0 amide bonds. The second-order valence-corrected chi connectivity index (χ2v) is 5.90. The summed E-state index contributed by atoms with van der Waals surface area (Å²) < 4.78 is 1.61. The Morgan fingerprint density at radius 3 is 2.59 bits per heavy atom. The summed E-state index contributed by atoms with van der Waals surface area (Å²) in [7, 11) is 0. The van der Waals surface area contributed by atoms with Gasteiger partial charge in [-0.25, -0.2) is 4.79 Å². The van der Waals surface area contributed by atoms with Crippen LogP contribution in [0.25, 0.3) is 0 Å². The van der Waals surface area contributed by atoms with E-state index >= 15 is 0 Å². The number of hydrogen-bond acceptors (Lipinski definition) is 2. The molecule has 1 aliphatic rings. The van der Waals surface area contributed by atoms with Gasteiger partial charge >= 0.3 is 5.97 Å². The molecule has 1 saturated carbocycles. The maximum atomic E-state index is 12.1. The molecule has 1 heterocycles. The molecule has 2 atom stereocenters. The summed E-state index contributed by atoms with van der Waals surface area (Å²) in [6.45, 7) is 0. The molecular formula is C18H19NO3. The molecule has 4 heteroatoms. The fourth-order valence-corrected chi connectivity index (χ4v) is 3.36. The predicted octanol–water partition coefficient (Wildman–Crippen LogP) is 3.45. The molecule has 3 rings (SSSR count). The number of nitrogens with zero attached hydrogens (tertiary/aromatic N) is 1. The van der Waals surface area contributed by atoms with Crippen LogP contribution in [0.5, 0.6) is 0 Å². The number of hydrogen-bond donors (Lipinski definition) is 1. The predicted molar refractivity (Wildman–Crippen MR) is 84.3 cm³/mol. The van der Waals surface area contributed by atoms with Crippen LogP contribution in [-0.4, -0.2) is 15.6 Å². The van der Waals surface area contributed by atoms with Crippen LogP contribution in [0.1, 0.15) is 53.6 Å². The molecule has 1 N–H and O–H groups in total. The number of carboxylic acids is 1. The summed E-state index contributed by atoms with van der Waals surface area (Å²) in [5.41, 5.74) is 1.35. The zero-order valence-corrected chi connectivity index (χ0v) is 12.3. The third-order valence-corrected chi connectivity index (χ3v) is 4.50. The first-order valence-electron chi connectivity index (χ1n) is 7.65. The van der Waals surface area contributed by atoms with E-state index in [2.05, 4.69) is 12.1 Å². The van der Waals surface area contributed by atoms with Gasteiger partial charge in [0, 0.05) is 18.3 Å². The van der Waals surface area contributed by atoms with Crippen molar-refractivity contribution in [2.24, 2.45) is 0 Å². The van der Waals surface area contributed by atoms with E-state index in [1.807, 2.05) is 18.2 Å². The second kappa shape index (κ2) is 6.18. The molecule has 4 nitrogen and oxygen atoms in total. The first-order chi connectivity index (χ1) is 10.6. The zero-order chi connectivity index (χ0) is 15.5. The molecule has 0 saturated heterocycles. The Bertz CT molecular complexity index is 721. The molecule has 1 fully saturated rings. The average molecular weight is 297 g/mol. The molecule has 1 aromatic heterocycles. The molecule has 1 aromatic carbocycles. The van der Waals surface area contributed by atoms with Crippen molar-refractivity contribution in [3.05, 3.63) is 70.1 Å². The maximum absolute atomic E-state index is 12.1. The first-order valence-corrected chi connectivity index (χ1v) is 7.65. The minimum absolute atomic E-state index is 0.0748. The van der Waals surface area contributed by atoms with Gasteiger partial charge in [-0.15, -0.1) is 0 Å². The average Bonchev–Trinajstić information content (AvgIpc) is 2.56. The van der Waals surface area contributed by atoms with Crippen LogP contribution in [-0.2, 0) is 0 Å². The van der Waals surface area contributed by atoms with Crippen LogP contribution < -0.4 is 5.56 Å². The maximum Gasteiger partial charge on any atom is 0.337 e. The lowest BCUT2D eigenvalue weighted by Crippen LogP contribution is -2.28. The van der Waals surface area contributed by atoms with Crippen molar-refractivity contribution in [3.8, 4) is 0 Å². The summed E-state index contributed by atoms with van der Waals surface area (Å²) >= 11 is 0. The molecule has 0 radical (unpaired) electrons. The molecule has 0 aliphatic heterocycles. The van der Waals surface area contributed by atoms with Crippen LogP contribution in [0.4, 0.5) is 0 Å². The van der Waals surface area contributed by atoms with Crippen LogP contribution in [0, 0.1) is 0 Å². The smallest absolute Gasteiger partial charge is 0.337 e.